The van der Waals surface area contributed by atoms with Crippen molar-refractivity contribution in [3.8, 4) is 0 Å². The minimum absolute atomic E-state index is 0.0123. The first kappa shape index (κ1) is 27.7. The molecule has 1 fully saturated rings. The minimum Gasteiger partial charge on any atom is -0.351 e. The molecule has 182 valence electrons. The Morgan fingerprint density at radius 2 is 1.67 bits per heavy atom. The van der Waals surface area contributed by atoms with Gasteiger partial charge in [-0.15, -0.1) is 0 Å². The maximum Gasteiger partial charge on any atom is 0.251 e. The molecular weight excluding hydrogens is 450 g/mol. The van der Waals surface area contributed by atoms with Gasteiger partial charge in [0.25, 0.3) is 5.91 Å². The highest BCUT2D eigenvalue weighted by Crippen LogP contribution is 2.36. The molecule has 4 nitrogen and oxygen atoms in total. The summed E-state index contributed by atoms with van der Waals surface area (Å²) in [4.78, 5) is 15.6. The second kappa shape index (κ2) is 14.7. The Morgan fingerprint density at radius 3 is 2.27 bits per heavy atom. The van der Waals surface area contributed by atoms with Crippen LogP contribution in [0, 0.1) is 5.92 Å². The second-order valence-electron chi connectivity index (χ2n) is 8.71. The van der Waals surface area contributed by atoms with Crippen LogP contribution in [0.4, 0.5) is 0 Å². The number of hydrogen-bond donors (Lipinski definition) is 1. The highest BCUT2D eigenvalue weighted by molar-refractivity contribution is 7.97. The van der Waals surface area contributed by atoms with Crippen LogP contribution in [0.3, 0.4) is 0 Å². The summed E-state index contributed by atoms with van der Waals surface area (Å²) in [5, 5.41) is 3.74. The molecule has 1 aliphatic rings. The van der Waals surface area contributed by atoms with Gasteiger partial charge in [-0.2, -0.15) is 0 Å². The van der Waals surface area contributed by atoms with Crippen LogP contribution in [0.5, 0.6) is 0 Å². The number of likely N-dealkylation sites (N-methyl/N-ethyl adjacent to an activating group) is 1. The molecule has 0 spiro atoms. The molecule has 6 heteroatoms. The van der Waals surface area contributed by atoms with E-state index in [1.807, 2.05) is 64.2 Å². The van der Waals surface area contributed by atoms with Crippen LogP contribution in [0.25, 0.3) is 0 Å². The van der Waals surface area contributed by atoms with Crippen molar-refractivity contribution in [3.63, 3.8) is 0 Å². The van der Waals surface area contributed by atoms with E-state index in [1.165, 1.54) is 36.1 Å². The van der Waals surface area contributed by atoms with E-state index in [0.717, 1.165) is 18.1 Å². The lowest BCUT2D eigenvalue weighted by molar-refractivity contribution is 0.0951. The van der Waals surface area contributed by atoms with Crippen LogP contribution >= 0.6 is 23.5 Å². The predicted molar refractivity (Wildman–Crippen MR) is 143 cm³/mol. The van der Waals surface area contributed by atoms with E-state index in [-0.39, 0.29) is 5.91 Å². The van der Waals surface area contributed by atoms with E-state index in [4.69, 9.17) is 11.6 Å². The fourth-order valence-electron chi connectivity index (χ4n) is 4.01. The number of amides is 1. The summed E-state index contributed by atoms with van der Waals surface area (Å²) < 4.78 is 2.53. The van der Waals surface area contributed by atoms with Gasteiger partial charge in [-0.3, -0.25) is 4.79 Å². The maximum atomic E-state index is 12.4. The van der Waals surface area contributed by atoms with Gasteiger partial charge in [-0.05, 0) is 86.8 Å². The Morgan fingerprint density at radius 1 is 1.03 bits per heavy atom. The van der Waals surface area contributed by atoms with Crippen molar-refractivity contribution in [1.29, 1.82) is 0 Å². The van der Waals surface area contributed by atoms with Gasteiger partial charge in [0.2, 0.25) is 0 Å². The van der Waals surface area contributed by atoms with Crippen molar-refractivity contribution in [3.05, 3.63) is 64.7 Å². The number of halogens is 1. The third kappa shape index (κ3) is 9.32. The number of carbonyl (C=O) groups excluding carboxylic acids is 1. The zero-order chi connectivity index (χ0) is 24.2. The van der Waals surface area contributed by atoms with E-state index < -0.39 is 0 Å². The normalized spacial score (nSPS) is 18.1. The standard InChI is InChI=1S/C25H34ClN3OS.C2H6/c1-19-6-4-5-7-24(19)29(31-23-14-12-22(26)13-15-23)18-20-8-10-21(11-9-20)25(30)27-16-17-28(2)3;1-2/h8-15,19,24H,4-7,16-18H2,1-3H3,(H,27,30);1-2H3. The van der Waals surface area contributed by atoms with E-state index in [2.05, 4.69) is 45.7 Å². The van der Waals surface area contributed by atoms with Gasteiger partial charge < -0.3 is 10.2 Å². The summed E-state index contributed by atoms with van der Waals surface area (Å²) in [6.07, 6.45) is 5.13. The molecule has 0 aliphatic heterocycles. The third-order valence-electron chi connectivity index (χ3n) is 5.87. The average Bonchev–Trinajstić information content (AvgIpc) is 2.82. The predicted octanol–water partition coefficient (Wildman–Crippen LogP) is 6.75. The molecule has 0 bridgehead atoms. The van der Waals surface area contributed by atoms with Crippen LogP contribution in [0.15, 0.2) is 53.4 Å². The van der Waals surface area contributed by atoms with Crippen LogP contribution in [0.2, 0.25) is 5.02 Å². The van der Waals surface area contributed by atoms with Gasteiger partial charge in [0.15, 0.2) is 0 Å². The van der Waals surface area contributed by atoms with Crippen molar-refractivity contribution >= 4 is 29.5 Å². The van der Waals surface area contributed by atoms with Crippen molar-refractivity contribution in [2.24, 2.45) is 5.92 Å². The molecule has 0 radical (unpaired) electrons. The molecular formula is C27H40ClN3OS. The molecule has 0 aromatic heterocycles. The maximum absolute atomic E-state index is 12.4. The molecule has 1 N–H and O–H groups in total. The largest absolute Gasteiger partial charge is 0.351 e. The Bertz CT molecular complexity index is 826. The van der Waals surface area contributed by atoms with E-state index in [0.29, 0.717) is 24.1 Å². The molecule has 0 heterocycles. The number of benzene rings is 2. The molecule has 2 atom stereocenters. The van der Waals surface area contributed by atoms with Gasteiger partial charge in [-0.1, -0.05) is 57.3 Å². The Kier molecular flexibility index (Phi) is 12.3. The molecule has 1 saturated carbocycles. The van der Waals surface area contributed by atoms with Gasteiger partial charge >= 0.3 is 0 Å². The number of nitrogens with one attached hydrogen (secondary N) is 1. The Labute approximate surface area is 210 Å². The monoisotopic (exact) mass is 489 g/mol. The summed E-state index contributed by atoms with van der Waals surface area (Å²) >= 11 is 7.90. The number of rotatable bonds is 9. The van der Waals surface area contributed by atoms with E-state index in [1.54, 1.807) is 0 Å². The average molecular weight is 490 g/mol. The molecule has 1 aliphatic carbocycles. The van der Waals surface area contributed by atoms with Crippen LogP contribution in [0.1, 0.15) is 62.4 Å². The van der Waals surface area contributed by atoms with Crippen LogP contribution < -0.4 is 5.32 Å². The first-order valence-corrected chi connectivity index (χ1v) is 13.3. The summed E-state index contributed by atoms with van der Waals surface area (Å²) in [6, 6.07) is 16.7. The van der Waals surface area contributed by atoms with Crippen LogP contribution in [-0.2, 0) is 6.54 Å². The smallest absolute Gasteiger partial charge is 0.251 e. The fraction of sp³-hybridized carbons (Fsp3) is 0.519. The zero-order valence-corrected chi connectivity index (χ0v) is 22.4. The minimum atomic E-state index is -0.0123. The highest BCUT2D eigenvalue weighted by Gasteiger charge is 2.28. The number of nitrogens with zero attached hydrogens (tertiary/aromatic N) is 2. The molecule has 1 amide bonds. The summed E-state index contributed by atoms with van der Waals surface area (Å²) in [5.74, 6) is 0.664. The third-order valence-corrected chi connectivity index (χ3v) is 7.24. The molecule has 2 aromatic rings. The number of hydrogen-bond acceptors (Lipinski definition) is 4. The van der Waals surface area contributed by atoms with Crippen molar-refractivity contribution in [2.75, 3.05) is 27.2 Å². The quantitative estimate of drug-likeness (QED) is 0.395. The number of carbonyl (C=O) groups is 1. The van der Waals surface area contributed by atoms with Crippen molar-refractivity contribution in [2.45, 2.75) is 63.9 Å². The van der Waals surface area contributed by atoms with Crippen molar-refractivity contribution < 1.29 is 4.79 Å². The van der Waals surface area contributed by atoms with Crippen molar-refractivity contribution in [1.82, 2.24) is 14.5 Å². The van der Waals surface area contributed by atoms with E-state index in [9.17, 15) is 4.79 Å². The molecule has 33 heavy (non-hydrogen) atoms. The van der Waals surface area contributed by atoms with Gasteiger partial charge in [-0.25, -0.2) is 4.31 Å². The summed E-state index contributed by atoms with van der Waals surface area (Å²) in [6.45, 7) is 8.71. The van der Waals surface area contributed by atoms with Gasteiger partial charge in [0.1, 0.15) is 0 Å². The van der Waals surface area contributed by atoms with Gasteiger partial charge in [0, 0.05) is 41.2 Å². The van der Waals surface area contributed by atoms with E-state index >= 15 is 0 Å². The molecule has 0 saturated heterocycles. The summed E-state index contributed by atoms with van der Waals surface area (Å²) in [7, 11) is 4.00. The molecule has 2 unspecified atom stereocenters. The first-order chi connectivity index (χ1) is 15.9. The van der Waals surface area contributed by atoms with Crippen LogP contribution in [-0.4, -0.2) is 48.3 Å². The Hall–Kier alpha value is -1.53. The highest BCUT2D eigenvalue weighted by atomic mass is 35.5. The zero-order valence-electron chi connectivity index (χ0n) is 20.8. The lowest BCUT2D eigenvalue weighted by atomic mass is 9.86. The lowest BCUT2D eigenvalue weighted by Crippen LogP contribution is -2.36. The molecule has 2 aromatic carbocycles. The fourth-order valence-corrected chi connectivity index (χ4v) is 5.33. The molecule has 3 rings (SSSR count). The Balaban J connectivity index is 0.00000187. The topological polar surface area (TPSA) is 35.6 Å². The SMILES string of the molecule is CC.CC1CCCCC1N(Cc1ccc(C(=O)NCCN(C)C)cc1)Sc1ccc(Cl)cc1. The second-order valence-corrected chi connectivity index (χ2v) is 10.3. The summed E-state index contributed by atoms with van der Waals surface area (Å²) in [5.41, 5.74) is 1.94. The lowest BCUT2D eigenvalue weighted by Gasteiger charge is -2.37. The van der Waals surface area contributed by atoms with Gasteiger partial charge in [0.05, 0.1) is 0 Å². The first-order valence-electron chi connectivity index (χ1n) is 12.1.